The molecule has 18 heavy (non-hydrogen) atoms. The van der Waals surface area contributed by atoms with Crippen molar-refractivity contribution in [2.24, 2.45) is 23.7 Å². The number of carbonyl (C=O) groups is 2. The van der Waals surface area contributed by atoms with Crippen LogP contribution in [-0.2, 0) is 9.59 Å². The normalized spacial score (nSPS) is 42.1. The van der Waals surface area contributed by atoms with Crippen LogP contribution in [0.5, 0.6) is 0 Å². The van der Waals surface area contributed by atoms with Crippen LogP contribution in [0.3, 0.4) is 0 Å². The van der Waals surface area contributed by atoms with Crippen LogP contribution in [-0.4, -0.2) is 23.0 Å². The predicted molar refractivity (Wildman–Crippen MR) is 65.8 cm³/mol. The summed E-state index contributed by atoms with van der Waals surface area (Å²) in [5.74, 6) is 0.488. The zero-order valence-electron chi connectivity index (χ0n) is 10.6. The lowest BCUT2D eigenvalue weighted by Crippen LogP contribution is -2.44. The van der Waals surface area contributed by atoms with Crippen molar-refractivity contribution in [1.29, 1.82) is 0 Å². The highest BCUT2D eigenvalue weighted by molar-refractivity contribution is 5.81. The summed E-state index contributed by atoms with van der Waals surface area (Å²) in [6.45, 7) is 0. The van der Waals surface area contributed by atoms with E-state index in [0.29, 0.717) is 12.3 Å². The van der Waals surface area contributed by atoms with E-state index in [1.54, 1.807) is 0 Å². The lowest BCUT2D eigenvalue weighted by molar-refractivity contribution is -0.142. The standard InChI is InChI=1S/C14H21NO3/c16-13(11-7-8-4-5-9(11)6-8)15-12-3-1-2-10(12)14(17)18/h8-12H,1-7H2,(H,15,16)(H,17,18). The minimum Gasteiger partial charge on any atom is -0.481 e. The minimum absolute atomic E-state index is 0.125. The molecule has 4 heteroatoms. The summed E-state index contributed by atoms with van der Waals surface area (Å²) in [6, 6.07) is -0.130. The quantitative estimate of drug-likeness (QED) is 0.803. The lowest BCUT2D eigenvalue weighted by Gasteiger charge is -2.24. The molecular formula is C14H21NO3. The minimum atomic E-state index is -0.759. The first-order valence-corrected chi connectivity index (χ1v) is 7.18. The van der Waals surface area contributed by atoms with E-state index in [-0.39, 0.29) is 23.8 Å². The Labute approximate surface area is 107 Å². The molecule has 0 aromatic rings. The molecule has 0 aliphatic heterocycles. The van der Waals surface area contributed by atoms with Gasteiger partial charge in [-0.15, -0.1) is 0 Å². The van der Waals surface area contributed by atoms with Crippen molar-refractivity contribution < 1.29 is 14.7 Å². The van der Waals surface area contributed by atoms with Gasteiger partial charge in [-0.3, -0.25) is 9.59 Å². The zero-order chi connectivity index (χ0) is 12.7. The molecule has 2 N–H and O–H groups in total. The van der Waals surface area contributed by atoms with E-state index in [0.717, 1.165) is 25.2 Å². The smallest absolute Gasteiger partial charge is 0.308 e. The fourth-order valence-electron chi connectivity index (χ4n) is 4.28. The molecule has 0 spiro atoms. The van der Waals surface area contributed by atoms with Crippen molar-refractivity contribution in [2.45, 2.75) is 51.0 Å². The molecule has 3 fully saturated rings. The van der Waals surface area contributed by atoms with Crippen molar-refractivity contribution in [3.05, 3.63) is 0 Å². The second-order valence-corrected chi connectivity index (χ2v) is 6.27. The molecule has 3 aliphatic carbocycles. The number of nitrogens with one attached hydrogen (secondary N) is 1. The number of carboxylic acid groups (broad SMARTS) is 1. The number of amides is 1. The van der Waals surface area contributed by atoms with Gasteiger partial charge in [-0.2, -0.15) is 0 Å². The Bertz CT molecular complexity index is 368. The molecule has 3 rings (SSSR count). The molecular weight excluding hydrogens is 230 g/mol. The van der Waals surface area contributed by atoms with E-state index < -0.39 is 5.97 Å². The molecule has 1 amide bonds. The second kappa shape index (κ2) is 4.56. The SMILES string of the molecule is O=C(NC1CCCC1C(=O)O)C1CC2CCC1C2. The lowest BCUT2D eigenvalue weighted by atomic mass is 9.87. The molecule has 2 bridgehead atoms. The third kappa shape index (κ3) is 2.02. The topological polar surface area (TPSA) is 66.4 Å². The van der Waals surface area contributed by atoms with Gasteiger partial charge in [-0.05, 0) is 43.9 Å². The number of rotatable bonds is 3. The molecule has 0 heterocycles. The van der Waals surface area contributed by atoms with E-state index in [4.69, 9.17) is 5.11 Å². The van der Waals surface area contributed by atoms with Gasteiger partial charge in [-0.1, -0.05) is 12.8 Å². The monoisotopic (exact) mass is 251 g/mol. The second-order valence-electron chi connectivity index (χ2n) is 6.27. The highest BCUT2D eigenvalue weighted by Gasteiger charge is 2.44. The summed E-state index contributed by atoms with van der Waals surface area (Å²) in [7, 11) is 0. The molecule has 3 saturated carbocycles. The van der Waals surface area contributed by atoms with Gasteiger partial charge in [0, 0.05) is 12.0 Å². The maximum absolute atomic E-state index is 12.3. The number of hydrogen-bond donors (Lipinski definition) is 2. The number of carbonyl (C=O) groups excluding carboxylic acids is 1. The van der Waals surface area contributed by atoms with Gasteiger partial charge in [0.1, 0.15) is 0 Å². The van der Waals surface area contributed by atoms with E-state index in [1.165, 1.54) is 19.3 Å². The first kappa shape index (κ1) is 12.0. The maximum atomic E-state index is 12.3. The average Bonchev–Trinajstić information content (AvgIpc) is 3.03. The number of fused-ring (bicyclic) bond motifs is 2. The molecule has 0 radical (unpaired) electrons. The van der Waals surface area contributed by atoms with Crippen molar-refractivity contribution in [3.63, 3.8) is 0 Å². The Morgan fingerprint density at radius 1 is 1.00 bits per heavy atom. The van der Waals surface area contributed by atoms with Gasteiger partial charge >= 0.3 is 5.97 Å². The van der Waals surface area contributed by atoms with Crippen LogP contribution in [0, 0.1) is 23.7 Å². The predicted octanol–water partition coefficient (Wildman–Crippen LogP) is 1.79. The van der Waals surface area contributed by atoms with Crippen molar-refractivity contribution in [2.75, 3.05) is 0 Å². The van der Waals surface area contributed by atoms with Crippen molar-refractivity contribution in [3.8, 4) is 0 Å². The largest absolute Gasteiger partial charge is 0.481 e. The molecule has 100 valence electrons. The first-order chi connectivity index (χ1) is 8.65. The summed E-state index contributed by atoms with van der Waals surface area (Å²) in [4.78, 5) is 23.3. The molecule has 4 nitrogen and oxygen atoms in total. The van der Waals surface area contributed by atoms with Gasteiger partial charge in [0.25, 0.3) is 0 Å². The summed E-state index contributed by atoms with van der Waals surface area (Å²) in [6.07, 6.45) is 7.16. The molecule has 5 atom stereocenters. The summed E-state index contributed by atoms with van der Waals surface area (Å²) < 4.78 is 0. The van der Waals surface area contributed by atoms with Gasteiger partial charge in [0.05, 0.1) is 5.92 Å². The van der Waals surface area contributed by atoms with Crippen LogP contribution in [0.1, 0.15) is 44.9 Å². The molecule has 0 saturated heterocycles. The van der Waals surface area contributed by atoms with Gasteiger partial charge in [0.2, 0.25) is 5.91 Å². The molecule has 3 aliphatic rings. The van der Waals surface area contributed by atoms with Crippen LogP contribution in [0.15, 0.2) is 0 Å². The van der Waals surface area contributed by atoms with E-state index in [2.05, 4.69) is 5.32 Å². The van der Waals surface area contributed by atoms with E-state index >= 15 is 0 Å². The fourth-order valence-corrected chi connectivity index (χ4v) is 4.28. The van der Waals surface area contributed by atoms with Crippen LogP contribution < -0.4 is 5.32 Å². The third-order valence-electron chi connectivity index (χ3n) is 5.24. The van der Waals surface area contributed by atoms with Gasteiger partial charge in [0.15, 0.2) is 0 Å². The first-order valence-electron chi connectivity index (χ1n) is 7.18. The number of aliphatic carboxylic acids is 1. The van der Waals surface area contributed by atoms with Crippen LogP contribution in [0.25, 0.3) is 0 Å². The Morgan fingerprint density at radius 3 is 2.44 bits per heavy atom. The third-order valence-corrected chi connectivity index (χ3v) is 5.24. The molecule has 0 aromatic carbocycles. The van der Waals surface area contributed by atoms with Crippen molar-refractivity contribution >= 4 is 11.9 Å². The molecule has 5 unspecified atom stereocenters. The van der Waals surface area contributed by atoms with Crippen LogP contribution in [0.2, 0.25) is 0 Å². The van der Waals surface area contributed by atoms with Crippen molar-refractivity contribution in [1.82, 2.24) is 5.32 Å². The Hall–Kier alpha value is -1.06. The van der Waals surface area contributed by atoms with E-state index in [9.17, 15) is 9.59 Å². The fraction of sp³-hybridized carbons (Fsp3) is 0.857. The highest BCUT2D eigenvalue weighted by atomic mass is 16.4. The van der Waals surface area contributed by atoms with Gasteiger partial charge < -0.3 is 10.4 Å². The Balaban J connectivity index is 1.59. The van der Waals surface area contributed by atoms with Crippen LogP contribution >= 0.6 is 0 Å². The average molecular weight is 251 g/mol. The Kier molecular flexibility index (Phi) is 3.04. The summed E-state index contributed by atoms with van der Waals surface area (Å²) in [5.41, 5.74) is 0. The zero-order valence-corrected chi connectivity index (χ0v) is 10.6. The van der Waals surface area contributed by atoms with Gasteiger partial charge in [-0.25, -0.2) is 0 Å². The Morgan fingerprint density at radius 2 is 1.83 bits per heavy atom. The number of hydrogen-bond acceptors (Lipinski definition) is 2. The summed E-state index contributed by atoms with van der Waals surface area (Å²) in [5, 5.41) is 12.1. The van der Waals surface area contributed by atoms with E-state index in [1.807, 2.05) is 0 Å². The molecule has 0 aromatic heterocycles. The van der Waals surface area contributed by atoms with Crippen LogP contribution in [0.4, 0.5) is 0 Å². The highest BCUT2D eigenvalue weighted by Crippen LogP contribution is 2.48. The summed E-state index contributed by atoms with van der Waals surface area (Å²) >= 11 is 0. The number of carboxylic acids is 1. The maximum Gasteiger partial charge on any atom is 0.308 e.